The van der Waals surface area contributed by atoms with Crippen molar-refractivity contribution in [2.45, 2.75) is 33.1 Å². The first-order valence-corrected chi connectivity index (χ1v) is 7.76. The predicted octanol–water partition coefficient (Wildman–Crippen LogP) is 5.63. The number of ether oxygens (including phenoxy) is 1. The highest BCUT2D eigenvalue weighted by atomic mass is 35.5. The number of hydrogen-bond donors (Lipinski definition) is 0. The molecule has 0 aromatic heterocycles. The third-order valence-corrected chi connectivity index (χ3v) is 4.90. The normalized spacial score (nSPS) is 15.2. The van der Waals surface area contributed by atoms with Crippen LogP contribution in [-0.2, 0) is 4.74 Å². The van der Waals surface area contributed by atoms with E-state index in [-0.39, 0.29) is 21.0 Å². The van der Waals surface area contributed by atoms with E-state index < -0.39 is 5.97 Å². The Morgan fingerprint density at radius 2 is 1.95 bits per heavy atom. The number of hydrogen-bond acceptors (Lipinski definition) is 2. The van der Waals surface area contributed by atoms with E-state index in [0.29, 0.717) is 11.6 Å². The Kier molecular flexibility index (Phi) is 4.88. The first-order valence-electron chi connectivity index (χ1n) is 6.63. The standard InChI is InChI=1S/C15H17Cl3O2/c1-15(2,9-3-4-9)5-6-20-14(19)11-7-10(16)8-12(17)13(11)18/h7-9H,3-6H2,1-2H3. The summed E-state index contributed by atoms with van der Waals surface area (Å²) in [6.07, 6.45) is 3.39. The van der Waals surface area contributed by atoms with Crippen LogP contribution < -0.4 is 0 Å². The molecular weight excluding hydrogens is 319 g/mol. The molecule has 110 valence electrons. The zero-order chi connectivity index (χ0) is 14.9. The summed E-state index contributed by atoms with van der Waals surface area (Å²) in [6, 6.07) is 2.97. The van der Waals surface area contributed by atoms with Gasteiger partial charge in [-0.2, -0.15) is 0 Å². The van der Waals surface area contributed by atoms with Gasteiger partial charge in [-0.15, -0.1) is 0 Å². The fourth-order valence-corrected chi connectivity index (χ4v) is 2.94. The zero-order valence-electron chi connectivity index (χ0n) is 11.5. The van der Waals surface area contributed by atoms with Crippen LogP contribution in [0.3, 0.4) is 0 Å². The number of esters is 1. The molecular formula is C15H17Cl3O2. The molecule has 0 radical (unpaired) electrons. The van der Waals surface area contributed by atoms with Crippen molar-refractivity contribution in [3.63, 3.8) is 0 Å². The molecule has 0 unspecified atom stereocenters. The topological polar surface area (TPSA) is 26.3 Å². The van der Waals surface area contributed by atoms with Crippen LogP contribution in [0.1, 0.15) is 43.5 Å². The van der Waals surface area contributed by atoms with Gasteiger partial charge in [0.25, 0.3) is 0 Å². The fraction of sp³-hybridized carbons (Fsp3) is 0.533. The molecule has 0 atom stereocenters. The SMILES string of the molecule is CC(C)(CCOC(=O)c1cc(Cl)cc(Cl)c1Cl)C1CC1. The minimum atomic E-state index is -0.481. The van der Waals surface area contributed by atoms with E-state index in [9.17, 15) is 4.79 Å². The van der Waals surface area contributed by atoms with Crippen LogP contribution >= 0.6 is 34.8 Å². The molecule has 5 heteroatoms. The maximum Gasteiger partial charge on any atom is 0.339 e. The second-order valence-electron chi connectivity index (χ2n) is 5.90. The maximum atomic E-state index is 12.0. The molecule has 2 rings (SSSR count). The van der Waals surface area contributed by atoms with Crippen molar-refractivity contribution in [1.82, 2.24) is 0 Å². The molecule has 1 aliphatic rings. The maximum absolute atomic E-state index is 12.0. The van der Waals surface area contributed by atoms with Crippen LogP contribution in [0.15, 0.2) is 12.1 Å². The van der Waals surface area contributed by atoms with Crippen LogP contribution in [0.4, 0.5) is 0 Å². The summed E-state index contributed by atoms with van der Waals surface area (Å²) in [5.41, 5.74) is 0.434. The summed E-state index contributed by atoms with van der Waals surface area (Å²) in [6.45, 7) is 4.80. The molecule has 1 aliphatic carbocycles. The van der Waals surface area contributed by atoms with Gasteiger partial charge in [0.1, 0.15) is 0 Å². The van der Waals surface area contributed by atoms with Crippen molar-refractivity contribution in [2.75, 3.05) is 6.61 Å². The van der Waals surface area contributed by atoms with Gasteiger partial charge in [-0.3, -0.25) is 0 Å². The van der Waals surface area contributed by atoms with Gasteiger partial charge < -0.3 is 4.74 Å². The monoisotopic (exact) mass is 334 g/mol. The Hall–Kier alpha value is -0.440. The number of rotatable bonds is 5. The molecule has 2 nitrogen and oxygen atoms in total. The second kappa shape index (κ2) is 6.13. The minimum Gasteiger partial charge on any atom is -0.462 e. The van der Waals surface area contributed by atoms with Gasteiger partial charge in [0.15, 0.2) is 0 Å². The van der Waals surface area contributed by atoms with Crippen LogP contribution in [-0.4, -0.2) is 12.6 Å². The van der Waals surface area contributed by atoms with E-state index in [2.05, 4.69) is 13.8 Å². The summed E-state index contributed by atoms with van der Waals surface area (Å²) in [5.74, 6) is 0.274. The molecule has 0 saturated heterocycles. The Morgan fingerprint density at radius 3 is 2.55 bits per heavy atom. The summed E-state index contributed by atoms with van der Waals surface area (Å²) in [4.78, 5) is 12.0. The van der Waals surface area contributed by atoms with E-state index >= 15 is 0 Å². The molecule has 0 bridgehead atoms. The smallest absolute Gasteiger partial charge is 0.339 e. The first kappa shape index (κ1) is 15.9. The van der Waals surface area contributed by atoms with Gasteiger partial charge in [0.2, 0.25) is 0 Å². The van der Waals surface area contributed by atoms with E-state index in [4.69, 9.17) is 39.5 Å². The molecule has 0 N–H and O–H groups in total. The predicted molar refractivity (Wildman–Crippen MR) is 82.9 cm³/mol. The molecule has 0 spiro atoms. The van der Waals surface area contributed by atoms with E-state index in [0.717, 1.165) is 12.3 Å². The van der Waals surface area contributed by atoms with Crippen LogP contribution in [0.25, 0.3) is 0 Å². The van der Waals surface area contributed by atoms with Crippen LogP contribution in [0.2, 0.25) is 15.1 Å². The summed E-state index contributed by atoms with van der Waals surface area (Å²) in [5, 5.41) is 0.802. The van der Waals surface area contributed by atoms with Gasteiger partial charge in [0, 0.05) is 5.02 Å². The molecule has 0 amide bonds. The van der Waals surface area contributed by atoms with Gasteiger partial charge >= 0.3 is 5.97 Å². The Labute approximate surface area is 134 Å². The van der Waals surface area contributed by atoms with Crippen molar-refractivity contribution in [3.8, 4) is 0 Å². The van der Waals surface area contributed by atoms with Crippen molar-refractivity contribution < 1.29 is 9.53 Å². The van der Waals surface area contributed by atoms with Crippen LogP contribution in [0, 0.1) is 11.3 Å². The number of carbonyl (C=O) groups is 1. The Morgan fingerprint density at radius 1 is 1.30 bits per heavy atom. The van der Waals surface area contributed by atoms with Crippen molar-refractivity contribution >= 4 is 40.8 Å². The largest absolute Gasteiger partial charge is 0.462 e. The summed E-state index contributed by atoms with van der Waals surface area (Å²) < 4.78 is 5.29. The summed E-state index contributed by atoms with van der Waals surface area (Å²) >= 11 is 17.8. The lowest BCUT2D eigenvalue weighted by atomic mass is 9.84. The Bertz CT molecular complexity index is 522. The third kappa shape index (κ3) is 3.81. The molecule has 1 saturated carbocycles. The molecule has 0 heterocycles. The van der Waals surface area contributed by atoms with E-state index in [1.165, 1.54) is 25.0 Å². The second-order valence-corrected chi connectivity index (χ2v) is 7.12. The zero-order valence-corrected chi connectivity index (χ0v) is 13.8. The Balaban J connectivity index is 1.95. The molecule has 1 fully saturated rings. The van der Waals surface area contributed by atoms with Gasteiger partial charge in [-0.25, -0.2) is 4.79 Å². The molecule has 20 heavy (non-hydrogen) atoms. The number of benzene rings is 1. The molecule has 0 aliphatic heterocycles. The quantitative estimate of drug-likeness (QED) is 0.515. The highest BCUT2D eigenvalue weighted by Crippen LogP contribution is 2.47. The lowest BCUT2D eigenvalue weighted by Gasteiger charge is -2.23. The average molecular weight is 336 g/mol. The first-order chi connectivity index (χ1) is 9.31. The molecule has 1 aromatic rings. The van der Waals surface area contributed by atoms with Gasteiger partial charge in [-0.1, -0.05) is 48.7 Å². The number of carbonyl (C=O) groups excluding carboxylic acids is 1. The third-order valence-electron chi connectivity index (χ3n) is 3.87. The number of halogens is 3. The highest BCUT2D eigenvalue weighted by Gasteiger charge is 2.37. The lowest BCUT2D eigenvalue weighted by Crippen LogP contribution is -2.18. The minimum absolute atomic E-state index is 0.183. The highest BCUT2D eigenvalue weighted by molar-refractivity contribution is 6.45. The fourth-order valence-electron chi connectivity index (χ4n) is 2.26. The van der Waals surface area contributed by atoms with Gasteiger partial charge in [0.05, 0.1) is 22.2 Å². The van der Waals surface area contributed by atoms with Crippen molar-refractivity contribution in [2.24, 2.45) is 11.3 Å². The van der Waals surface area contributed by atoms with Crippen molar-refractivity contribution in [3.05, 3.63) is 32.8 Å². The van der Waals surface area contributed by atoms with Crippen LogP contribution in [0.5, 0.6) is 0 Å². The van der Waals surface area contributed by atoms with E-state index in [1.807, 2.05) is 0 Å². The molecule has 1 aromatic carbocycles. The average Bonchev–Trinajstić information content (AvgIpc) is 3.17. The summed E-state index contributed by atoms with van der Waals surface area (Å²) in [7, 11) is 0. The van der Waals surface area contributed by atoms with Crippen molar-refractivity contribution in [1.29, 1.82) is 0 Å². The van der Waals surface area contributed by atoms with E-state index in [1.54, 1.807) is 0 Å². The van der Waals surface area contributed by atoms with Gasteiger partial charge in [-0.05, 0) is 42.7 Å². The lowest BCUT2D eigenvalue weighted by molar-refractivity contribution is 0.0447.